The molecule has 1 aliphatic rings. The normalized spacial score (nSPS) is 21.7. The van der Waals surface area contributed by atoms with Crippen LogP contribution in [0.4, 0.5) is 0 Å². The molecular formula is C15H23NO2. The van der Waals surface area contributed by atoms with E-state index in [1.165, 1.54) is 12.0 Å². The number of rotatable bonds is 6. The smallest absolute Gasteiger partial charge is 0.0933 e. The summed E-state index contributed by atoms with van der Waals surface area (Å²) in [5.41, 5.74) is 1.36. The van der Waals surface area contributed by atoms with Crippen LogP contribution in [-0.2, 0) is 9.47 Å². The Bertz CT molecular complexity index is 323. The van der Waals surface area contributed by atoms with Crippen molar-refractivity contribution >= 4 is 0 Å². The van der Waals surface area contributed by atoms with E-state index in [2.05, 4.69) is 42.6 Å². The van der Waals surface area contributed by atoms with E-state index in [4.69, 9.17) is 9.47 Å². The number of ether oxygens (including phenoxy) is 2. The molecule has 18 heavy (non-hydrogen) atoms. The zero-order valence-electron chi connectivity index (χ0n) is 11.1. The Morgan fingerprint density at radius 1 is 1.28 bits per heavy atom. The molecule has 3 nitrogen and oxygen atoms in total. The van der Waals surface area contributed by atoms with Crippen LogP contribution in [0.25, 0.3) is 0 Å². The lowest BCUT2D eigenvalue weighted by atomic mass is 10.0. The van der Waals surface area contributed by atoms with E-state index in [1.54, 1.807) is 0 Å². The largest absolute Gasteiger partial charge is 0.376 e. The summed E-state index contributed by atoms with van der Waals surface area (Å²) in [5.74, 6) is 0. The lowest BCUT2D eigenvalue weighted by molar-refractivity contribution is -0.0871. The molecule has 1 fully saturated rings. The van der Waals surface area contributed by atoms with Crippen LogP contribution in [0, 0.1) is 0 Å². The predicted molar refractivity (Wildman–Crippen MR) is 72.7 cm³/mol. The SMILES string of the molecule is CCCC(NCC1COCCO1)c1ccccc1. The van der Waals surface area contributed by atoms with Crippen molar-refractivity contribution in [2.24, 2.45) is 0 Å². The molecule has 2 unspecified atom stereocenters. The highest BCUT2D eigenvalue weighted by Crippen LogP contribution is 2.18. The monoisotopic (exact) mass is 249 g/mol. The standard InChI is InChI=1S/C15H23NO2/c1-2-6-15(13-7-4-3-5-8-13)16-11-14-12-17-9-10-18-14/h3-5,7-8,14-16H,2,6,9-12H2,1H3. The van der Waals surface area contributed by atoms with Crippen LogP contribution in [0.15, 0.2) is 30.3 Å². The van der Waals surface area contributed by atoms with Gasteiger partial charge in [-0.1, -0.05) is 43.7 Å². The predicted octanol–water partition coefficient (Wildman–Crippen LogP) is 2.53. The van der Waals surface area contributed by atoms with E-state index in [1.807, 2.05) is 0 Å². The average molecular weight is 249 g/mol. The molecule has 1 heterocycles. The first-order valence-electron chi connectivity index (χ1n) is 6.88. The molecule has 2 atom stereocenters. The third kappa shape index (κ3) is 4.09. The Morgan fingerprint density at radius 2 is 2.11 bits per heavy atom. The molecule has 0 radical (unpaired) electrons. The van der Waals surface area contributed by atoms with Gasteiger partial charge in [0.05, 0.1) is 25.9 Å². The Kier molecular flexibility index (Phi) is 5.65. The van der Waals surface area contributed by atoms with Crippen LogP contribution in [0.2, 0.25) is 0 Å². The molecule has 1 N–H and O–H groups in total. The van der Waals surface area contributed by atoms with Gasteiger partial charge in [0.1, 0.15) is 0 Å². The van der Waals surface area contributed by atoms with Gasteiger partial charge in [0.15, 0.2) is 0 Å². The maximum atomic E-state index is 5.65. The molecule has 0 bridgehead atoms. The van der Waals surface area contributed by atoms with E-state index in [0.717, 1.165) is 26.2 Å². The minimum absolute atomic E-state index is 0.196. The van der Waals surface area contributed by atoms with Crippen molar-refractivity contribution in [1.82, 2.24) is 5.32 Å². The third-order valence-corrected chi connectivity index (χ3v) is 3.26. The number of hydrogen-bond acceptors (Lipinski definition) is 3. The molecule has 1 saturated heterocycles. The summed E-state index contributed by atoms with van der Waals surface area (Å²) in [4.78, 5) is 0. The van der Waals surface area contributed by atoms with Crippen molar-refractivity contribution in [2.45, 2.75) is 31.9 Å². The molecule has 3 heteroatoms. The summed E-state index contributed by atoms with van der Waals surface area (Å²) < 4.78 is 11.1. The van der Waals surface area contributed by atoms with Crippen molar-refractivity contribution in [3.63, 3.8) is 0 Å². The van der Waals surface area contributed by atoms with Gasteiger partial charge in [-0.3, -0.25) is 0 Å². The maximum Gasteiger partial charge on any atom is 0.0933 e. The molecule has 0 amide bonds. The second kappa shape index (κ2) is 7.52. The van der Waals surface area contributed by atoms with E-state index in [-0.39, 0.29) is 6.10 Å². The van der Waals surface area contributed by atoms with E-state index < -0.39 is 0 Å². The quantitative estimate of drug-likeness (QED) is 0.840. The average Bonchev–Trinajstić information content (AvgIpc) is 2.45. The van der Waals surface area contributed by atoms with Gasteiger partial charge in [0.2, 0.25) is 0 Å². The second-order valence-electron chi connectivity index (χ2n) is 4.73. The molecule has 0 saturated carbocycles. The van der Waals surface area contributed by atoms with E-state index in [0.29, 0.717) is 12.6 Å². The lowest BCUT2D eigenvalue weighted by Crippen LogP contribution is -2.38. The first-order valence-corrected chi connectivity index (χ1v) is 6.88. The first kappa shape index (κ1) is 13.5. The van der Waals surface area contributed by atoms with Crippen molar-refractivity contribution in [3.05, 3.63) is 35.9 Å². The van der Waals surface area contributed by atoms with E-state index in [9.17, 15) is 0 Å². The van der Waals surface area contributed by atoms with Crippen molar-refractivity contribution < 1.29 is 9.47 Å². The summed E-state index contributed by atoms with van der Waals surface area (Å²) in [5, 5.41) is 3.60. The van der Waals surface area contributed by atoms with Gasteiger partial charge < -0.3 is 14.8 Å². The van der Waals surface area contributed by atoms with Crippen LogP contribution in [0.1, 0.15) is 31.4 Å². The van der Waals surface area contributed by atoms with Gasteiger partial charge >= 0.3 is 0 Å². The Labute approximate surface area is 109 Å². The third-order valence-electron chi connectivity index (χ3n) is 3.26. The Morgan fingerprint density at radius 3 is 2.78 bits per heavy atom. The number of benzene rings is 1. The van der Waals surface area contributed by atoms with Crippen LogP contribution < -0.4 is 5.32 Å². The summed E-state index contributed by atoms with van der Waals surface area (Å²) in [7, 11) is 0. The fourth-order valence-electron chi connectivity index (χ4n) is 2.29. The number of hydrogen-bond donors (Lipinski definition) is 1. The highest BCUT2D eigenvalue weighted by atomic mass is 16.6. The summed E-state index contributed by atoms with van der Waals surface area (Å²) in [6.07, 6.45) is 2.52. The fourth-order valence-corrected chi connectivity index (χ4v) is 2.29. The van der Waals surface area contributed by atoms with Gasteiger partial charge in [0.25, 0.3) is 0 Å². The van der Waals surface area contributed by atoms with Crippen LogP contribution in [0.3, 0.4) is 0 Å². The zero-order valence-corrected chi connectivity index (χ0v) is 11.1. The summed E-state index contributed by atoms with van der Waals surface area (Å²) >= 11 is 0. The minimum atomic E-state index is 0.196. The minimum Gasteiger partial charge on any atom is -0.376 e. The summed E-state index contributed by atoms with van der Waals surface area (Å²) in [6.45, 7) is 5.24. The first-order chi connectivity index (χ1) is 8.90. The highest BCUT2D eigenvalue weighted by Gasteiger charge is 2.16. The van der Waals surface area contributed by atoms with Crippen LogP contribution in [-0.4, -0.2) is 32.5 Å². The molecule has 0 aromatic heterocycles. The van der Waals surface area contributed by atoms with Crippen molar-refractivity contribution in [2.75, 3.05) is 26.4 Å². The molecule has 1 aromatic rings. The summed E-state index contributed by atoms with van der Waals surface area (Å²) in [6, 6.07) is 11.0. The lowest BCUT2D eigenvalue weighted by Gasteiger charge is -2.26. The second-order valence-corrected chi connectivity index (χ2v) is 4.73. The van der Waals surface area contributed by atoms with Crippen molar-refractivity contribution in [3.8, 4) is 0 Å². The molecular weight excluding hydrogens is 226 g/mol. The highest BCUT2D eigenvalue weighted by molar-refractivity contribution is 5.18. The Hall–Kier alpha value is -0.900. The Balaban J connectivity index is 1.86. The molecule has 2 rings (SSSR count). The van der Waals surface area contributed by atoms with Crippen molar-refractivity contribution in [1.29, 1.82) is 0 Å². The van der Waals surface area contributed by atoms with Gasteiger partial charge in [0, 0.05) is 12.6 Å². The van der Waals surface area contributed by atoms with Gasteiger partial charge in [-0.05, 0) is 12.0 Å². The molecule has 0 spiro atoms. The molecule has 100 valence electrons. The van der Waals surface area contributed by atoms with Gasteiger partial charge in [-0.25, -0.2) is 0 Å². The topological polar surface area (TPSA) is 30.5 Å². The van der Waals surface area contributed by atoms with Gasteiger partial charge in [-0.15, -0.1) is 0 Å². The maximum absolute atomic E-state index is 5.65. The fraction of sp³-hybridized carbons (Fsp3) is 0.600. The van der Waals surface area contributed by atoms with Crippen LogP contribution in [0.5, 0.6) is 0 Å². The van der Waals surface area contributed by atoms with E-state index >= 15 is 0 Å². The molecule has 1 aromatic carbocycles. The van der Waals surface area contributed by atoms with Crippen LogP contribution >= 0.6 is 0 Å². The zero-order chi connectivity index (χ0) is 12.6. The number of nitrogens with one attached hydrogen (secondary N) is 1. The van der Waals surface area contributed by atoms with Gasteiger partial charge in [-0.2, -0.15) is 0 Å². The molecule has 1 aliphatic heterocycles. The molecule has 0 aliphatic carbocycles.